The van der Waals surface area contributed by atoms with Crippen molar-refractivity contribution in [3.8, 4) is 5.75 Å². The fourth-order valence-electron chi connectivity index (χ4n) is 3.66. The number of aromatic amines is 1. The first-order chi connectivity index (χ1) is 13.8. The minimum atomic E-state index is -0.401. The molecule has 1 saturated heterocycles. The Morgan fingerprint density at radius 3 is 2.79 bits per heavy atom. The number of H-pyrrole nitrogens is 1. The van der Waals surface area contributed by atoms with E-state index in [9.17, 15) is 4.79 Å². The third kappa shape index (κ3) is 3.17. The number of ether oxygens (including phenoxy) is 1. The van der Waals surface area contributed by atoms with Crippen LogP contribution in [-0.2, 0) is 0 Å². The van der Waals surface area contributed by atoms with E-state index in [4.69, 9.17) is 9.72 Å². The molecule has 6 nitrogen and oxygen atoms in total. The van der Waals surface area contributed by atoms with Crippen molar-refractivity contribution < 1.29 is 9.53 Å². The molecular weight excluding hydrogens is 352 g/mol. The van der Waals surface area contributed by atoms with Crippen LogP contribution in [0, 0.1) is 0 Å². The Labute approximate surface area is 162 Å². The number of carbonyl (C=O) groups is 1. The third-order valence-electron chi connectivity index (χ3n) is 5.18. The van der Waals surface area contributed by atoms with E-state index in [0.29, 0.717) is 16.8 Å². The first kappa shape index (κ1) is 16.7. The fourth-order valence-corrected chi connectivity index (χ4v) is 3.66. The van der Waals surface area contributed by atoms with Crippen molar-refractivity contribution in [2.24, 2.45) is 0 Å². The van der Waals surface area contributed by atoms with Crippen molar-refractivity contribution in [1.82, 2.24) is 15.0 Å². The van der Waals surface area contributed by atoms with Gasteiger partial charge in [0.2, 0.25) is 0 Å². The predicted octanol–water partition coefficient (Wildman–Crippen LogP) is 4.32. The summed E-state index contributed by atoms with van der Waals surface area (Å²) in [5.74, 6) is 0.989. The highest BCUT2D eigenvalue weighted by Gasteiger charge is 2.15. The van der Waals surface area contributed by atoms with Gasteiger partial charge in [-0.15, -0.1) is 0 Å². The van der Waals surface area contributed by atoms with Crippen LogP contribution in [0.15, 0.2) is 54.9 Å². The quantitative estimate of drug-likeness (QED) is 0.428. The van der Waals surface area contributed by atoms with E-state index in [1.165, 1.54) is 19.3 Å². The maximum Gasteiger partial charge on any atom is 0.343 e. The van der Waals surface area contributed by atoms with E-state index in [1.807, 2.05) is 36.7 Å². The van der Waals surface area contributed by atoms with Crippen molar-refractivity contribution in [3.63, 3.8) is 0 Å². The summed E-state index contributed by atoms with van der Waals surface area (Å²) in [6.45, 7) is 2.01. The SMILES string of the molecule is O=C(Oc1ccc2[nH]ccc2c1)c1ccc2ncc(N3CCCCC3)nc2c1. The standard InChI is InChI=1S/C22H20N4O2/c27-22(28-17-5-7-18-15(12-17)8-9-23-18)16-4-6-19-20(13-16)25-21(14-24-19)26-10-2-1-3-11-26/h4-9,12-14,23H,1-3,10-11H2. The maximum atomic E-state index is 12.6. The van der Waals surface area contributed by atoms with E-state index >= 15 is 0 Å². The summed E-state index contributed by atoms with van der Waals surface area (Å²) in [6, 6.07) is 12.8. The largest absolute Gasteiger partial charge is 0.423 e. The first-order valence-corrected chi connectivity index (χ1v) is 9.57. The fraction of sp³-hybridized carbons (Fsp3) is 0.227. The zero-order valence-corrected chi connectivity index (χ0v) is 15.4. The van der Waals surface area contributed by atoms with Crippen LogP contribution in [0.2, 0.25) is 0 Å². The number of piperidine rings is 1. The molecule has 1 N–H and O–H groups in total. The van der Waals surface area contributed by atoms with Gasteiger partial charge in [-0.05, 0) is 61.7 Å². The lowest BCUT2D eigenvalue weighted by Crippen LogP contribution is -2.30. The second-order valence-electron chi connectivity index (χ2n) is 7.10. The second kappa shape index (κ2) is 6.96. The van der Waals surface area contributed by atoms with Crippen molar-refractivity contribution in [1.29, 1.82) is 0 Å². The normalized spacial score (nSPS) is 14.5. The number of anilines is 1. The van der Waals surface area contributed by atoms with Gasteiger partial charge in [-0.3, -0.25) is 4.98 Å². The minimum Gasteiger partial charge on any atom is -0.423 e. The Kier molecular flexibility index (Phi) is 4.16. The van der Waals surface area contributed by atoms with Gasteiger partial charge < -0.3 is 14.6 Å². The molecule has 1 aliphatic heterocycles. The van der Waals surface area contributed by atoms with E-state index < -0.39 is 5.97 Å². The number of carbonyl (C=O) groups excluding carboxylic acids is 1. The van der Waals surface area contributed by atoms with Gasteiger partial charge in [0, 0.05) is 30.2 Å². The van der Waals surface area contributed by atoms with Gasteiger partial charge in [0.15, 0.2) is 0 Å². The molecule has 2 aromatic heterocycles. The molecule has 1 fully saturated rings. The summed E-state index contributed by atoms with van der Waals surface area (Å²) in [5.41, 5.74) is 2.95. The van der Waals surface area contributed by atoms with Crippen LogP contribution < -0.4 is 9.64 Å². The lowest BCUT2D eigenvalue weighted by molar-refractivity contribution is 0.0735. The Morgan fingerprint density at radius 1 is 1.00 bits per heavy atom. The van der Waals surface area contributed by atoms with E-state index in [1.54, 1.807) is 18.2 Å². The van der Waals surface area contributed by atoms with Crippen LogP contribution in [0.3, 0.4) is 0 Å². The molecule has 0 bridgehead atoms. The van der Waals surface area contributed by atoms with Crippen molar-refractivity contribution in [2.45, 2.75) is 19.3 Å². The molecule has 28 heavy (non-hydrogen) atoms. The van der Waals surface area contributed by atoms with Crippen LogP contribution in [-0.4, -0.2) is 34.0 Å². The van der Waals surface area contributed by atoms with Gasteiger partial charge in [0.25, 0.3) is 0 Å². The second-order valence-corrected chi connectivity index (χ2v) is 7.10. The van der Waals surface area contributed by atoms with Crippen LogP contribution in [0.1, 0.15) is 29.6 Å². The Hall–Kier alpha value is -3.41. The minimum absolute atomic E-state index is 0.401. The number of esters is 1. The molecule has 0 radical (unpaired) electrons. The molecule has 5 rings (SSSR count). The first-order valence-electron chi connectivity index (χ1n) is 9.57. The summed E-state index contributed by atoms with van der Waals surface area (Å²) in [5, 5.41) is 1.00. The lowest BCUT2D eigenvalue weighted by atomic mass is 10.1. The number of nitrogens with one attached hydrogen (secondary N) is 1. The number of rotatable bonds is 3. The van der Waals surface area contributed by atoms with Crippen LogP contribution in [0.4, 0.5) is 5.82 Å². The number of nitrogens with zero attached hydrogens (tertiary/aromatic N) is 3. The van der Waals surface area contributed by atoms with Crippen molar-refractivity contribution >= 4 is 33.7 Å². The molecular formula is C22H20N4O2. The van der Waals surface area contributed by atoms with E-state index in [0.717, 1.165) is 35.3 Å². The van der Waals surface area contributed by atoms with Gasteiger partial charge >= 0.3 is 5.97 Å². The Balaban J connectivity index is 1.41. The molecule has 6 heteroatoms. The third-order valence-corrected chi connectivity index (χ3v) is 5.18. The molecule has 0 aliphatic carbocycles. The maximum absolute atomic E-state index is 12.6. The molecule has 1 aliphatic rings. The topological polar surface area (TPSA) is 71.1 Å². The van der Waals surface area contributed by atoms with Crippen molar-refractivity contribution in [3.05, 3.63) is 60.4 Å². The highest BCUT2D eigenvalue weighted by atomic mass is 16.5. The smallest absolute Gasteiger partial charge is 0.343 e. The zero-order chi connectivity index (χ0) is 18.9. The summed E-state index contributed by atoms with van der Waals surface area (Å²) < 4.78 is 5.56. The van der Waals surface area contributed by atoms with Gasteiger partial charge in [0.05, 0.1) is 22.8 Å². The summed E-state index contributed by atoms with van der Waals surface area (Å²) in [4.78, 5) is 27.3. The van der Waals surface area contributed by atoms with Crippen LogP contribution in [0.5, 0.6) is 5.75 Å². The highest BCUT2D eigenvalue weighted by molar-refractivity contribution is 5.95. The molecule has 2 aromatic carbocycles. The van der Waals surface area contributed by atoms with Crippen LogP contribution in [0.25, 0.3) is 21.9 Å². The van der Waals surface area contributed by atoms with Gasteiger partial charge in [0.1, 0.15) is 11.6 Å². The number of benzene rings is 2. The summed E-state index contributed by atoms with van der Waals surface area (Å²) in [6.07, 6.45) is 7.30. The number of aromatic nitrogens is 3. The number of fused-ring (bicyclic) bond motifs is 2. The summed E-state index contributed by atoms with van der Waals surface area (Å²) in [7, 11) is 0. The van der Waals surface area contributed by atoms with E-state index in [2.05, 4.69) is 14.9 Å². The monoisotopic (exact) mass is 372 g/mol. The molecule has 140 valence electrons. The summed E-state index contributed by atoms with van der Waals surface area (Å²) >= 11 is 0. The lowest BCUT2D eigenvalue weighted by Gasteiger charge is -2.27. The molecule has 0 atom stereocenters. The van der Waals surface area contributed by atoms with Gasteiger partial charge in [-0.25, -0.2) is 9.78 Å². The highest BCUT2D eigenvalue weighted by Crippen LogP contribution is 2.23. The van der Waals surface area contributed by atoms with Crippen molar-refractivity contribution in [2.75, 3.05) is 18.0 Å². The predicted molar refractivity (Wildman–Crippen MR) is 109 cm³/mol. The average Bonchev–Trinajstić information content (AvgIpc) is 3.21. The Bertz CT molecular complexity index is 1160. The molecule has 0 spiro atoms. The zero-order valence-electron chi connectivity index (χ0n) is 15.4. The molecule has 0 unspecified atom stereocenters. The van der Waals surface area contributed by atoms with E-state index in [-0.39, 0.29) is 0 Å². The average molecular weight is 372 g/mol. The van der Waals surface area contributed by atoms with Gasteiger partial charge in [-0.1, -0.05) is 0 Å². The number of hydrogen-bond donors (Lipinski definition) is 1. The Morgan fingerprint density at radius 2 is 1.89 bits per heavy atom. The molecule has 3 heterocycles. The molecule has 0 saturated carbocycles. The molecule has 4 aromatic rings. The van der Waals surface area contributed by atoms with Gasteiger partial charge in [-0.2, -0.15) is 0 Å². The van der Waals surface area contributed by atoms with Crippen LogP contribution >= 0.6 is 0 Å². The number of hydrogen-bond acceptors (Lipinski definition) is 5. The molecule has 0 amide bonds.